The number of ketones is 1. The molecule has 25 heavy (non-hydrogen) atoms. The van der Waals surface area contributed by atoms with Gasteiger partial charge >= 0.3 is 0 Å². The molecule has 0 N–H and O–H groups in total. The number of hydrogen-bond donors (Lipinski definition) is 0. The second-order valence-corrected chi connectivity index (χ2v) is 10.2. The van der Waals surface area contributed by atoms with Crippen LogP contribution in [0.5, 0.6) is 0 Å². The summed E-state index contributed by atoms with van der Waals surface area (Å²) in [5.41, 5.74) is 1.60. The van der Waals surface area contributed by atoms with E-state index in [0.717, 1.165) is 48.9 Å². The van der Waals surface area contributed by atoms with Gasteiger partial charge in [0.2, 0.25) is 0 Å². The van der Waals surface area contributed by atoms with Crippen LogP contribution in [0.3, 0.4) is 0 Å². The molecule has 0 saturated heterocycles. The summed E-state index contributed by atoms with van der Waals surface area (Å²) in [4.78, 5) is 12.0. The Balaban J connectivity index is 1.57. The molecule has 0 aromatic rings. The van der Waals surface area contributed by atoms with Crippen LogP contribution in [0, 0.1) is 63.6 Å². The van der Waals surface area contributed by atoms with Crippen molar-refractivity contribution in [1.29, 1.82) is 5.26 Å². The molecule has 0 aromatic carbocycles. The molecular formula is C23H31NO. The highest BCUT2D eigenvalue weighted by atomic mass is 16.1. The number of nitrogens with zero attached hydrogens (tertiary/aromatic N) is 1. The zero-order valence-electron chi connectivity index (χ0n) is 15.9. The third-order valence-electron chi connectivity index (χ3n) is 9.71. The number of rotatable bonds is 1. The van der Waals surface area contributed by atoms with Gasteiger partial charge in [-0.05, 0) is 91.9 Å². The molecule has 0 aromatic heterocycles. The topological polar surface area (TPSA) is 40.9 Å². The minimum Gasteiger partial charge on any atom is -0.295 e. The molecule has 0 spiro atoms. The van der Waals surface area contributed by atoms with E-state index in [-0.39, 0.29) is 10.8 Å². The maximum atomic E-state index is 12.0. The van der Waals surface area contributed by atoms with Gasteiger partial charge in [0.1, 0.15) is 0 Å². The summed E-state index contributed by atoms with van der Waals surface area (Å²) in [5, 5.41) is 10.1. The SMILES string of the molecule is CC[C@H]1CC2=CC(=O)CC[C@@H]2[C@H]2CC[C@@]3(C)[C@@H]([C@@H]4C[C@@H]4[C@]3(C)C#N)[C@H]12. The first-order valence-corrected chi connectivity index (χ1v) is 10.6. The molecule has 2 heteroatoms. The molecule has 4 fully saturated rings. The van der Waals surface area contributed by atoms with Crippen molar-refractivity contribution in [2.75, 3.05) is 0 Å². The summed E-state index contributed by atoms with van der Waals surface area (Å²) in [6, 6.07) is 2.81. The smallest absolute Gasteiger partial charge is 0.155 e. The molecule has 0 aliphatic heterocycles. The van der Waals surface area contributed by atoms with Crippen LogP contribution in [0.25, 0.3) is 0 Å². The predicted octanol–water partition coefficient (Wildman–Crippen LogP) is 5.15. The van der Waals surface area contributed by atoms with Gasteiger partial charge in [-0.3, -0.25) is 4.79 Å². The molecule has 0 radical (unpaired) electrons. The first-order chi connectivity index (χ1) is 11.9. The van der Waals surface area contributed by atoms with Crippen LogP contribution in [0.15, 0.2) is 11.6 Å². The van der Waals surface area contributed by atoms with Crippen molar-refractivity contribution in [3.8, 4) is 6.07 Å². The Morgan fingerprint density at radius 1 is 1.28 bits per heavy atom. The molecule has 5 aliphatic carbocycles. The van der Waals surface area contributed by atoms with Gasteiger partial charge in [-0.2, -0.15) is 5.26 Å². The monoisotopic (exact) mass is 337 g/mol. The van der Waals surface area contributed by atoms with Crippen molar-refractivity contribution >= 4 is 5.78 Å². The molecule has 4 saturated carbocycles. The van der Waals surface area contributed by atoms with Gasteiger partial charge in [0.25, 0.3) is 0 Å². The van der Waals surface area contributed by atoms with Crippen molar-refractivity contribution in [2.45, 2.75) is 65.7 Å². The molecule has 134 valence electrons. The first kappa shape index (κ1) is 16.1. The van der Waals surface area contributed by atoms with Gasteiger partial charge in [0.05, 0.1) is 11.5 Å². The van der Waals surface area contributed by atoms with E-state index in [2.05, 4.69) is 26.8 Å². The normalized spacial score (nSPS) is 56.0. The Labute approximate surface area is 152 Å². The zero-order chi connectivity index (χ0) is 17.6. The van der Waals surface area contributed by atoms with Gasteiger partial charge < -0.3 is 0 Å². The Kier molecular flexibility index (Phi) is 3.22. The molecule has 0 bridgehead atoms. The highest BCUT2D eigenvalue weighted by Crippen LogP contribution is 2.79. The molecule has 0 amide bonds. The minimum atomic E-state index is -0.107. The average molecular weight is 338 g/mol. The molecular weight excluding hydrogens is 306 g/mol. The Morgan fingerprint density at radius 2 is 2.08 bits per heavy atom. The molecule has 0 heterocycles. The Morgan fingerprint density at radius 3 is 2.80 bits per heavy atom. The fourth-order valence-electron chi connectivity index (χ4n) is 8.33. The maximum Gasteiger partial charge on any atom is 0.155 e. The molecule has 5 aliphatic rings. The van der Waals surface area contributed by atoms with Gasteiger partial charge in [-0.1, -0.05) is 25.8 Å². The van der Waals surface area contributed by atoms with Crippen LogP contribution >= 0.6 is 0 Å². The lowest BCUT2D eigenvalue weighted by molar-refractivity contribution is -0.117. The predicted molar refractivity (Wildman–Crippen MR) is 97.3 cm³/mol. The van der Waals surface area contributed by atoms with Gasteiger partial charge in [-0.15, -0.1) is 0 Å². The molecule has 2 nitrogen and oxygen atoms in total. The van der Waals surface area contributed by atoms with Crippen LogP contribution < -0.4 is 0 Å². The lowest BCUT2D eigenvalue weighted by atomic mass is 9.45. The van der Waals surface area contributed by atoms with E-state index in [1.165, 1.54) is 31.3 Å². The van der Waals surface area contributed by atoms with E-state index in [0.29, 0.717) is 17.6 Å². The third kappa shape index (κ3) is 1.83. The van der Waals surface area contributed by atoms with Crippen molar-refractivity contribution in [3.63, 3.8) is 0 Å². The summed E-state index contributed by atoms with van der Waals surface area (Å²) in [5.74, 6) is 5.56. The second kappa shape index (κ2) is 4.99. The van der Waals surface area contributed by atoms with Crippen LogP contribution in [-0.4, -0.2) is 5.78 Å². The number of nitriles is 1. The first-order valence-electron chi connectivity index (χ1n) is 10.6. The quantitative estimate of drug-likeness (QED) is 0.664. The number of allylic oxidation sites excluding steroid dienone is 1. The highest BCUT2D eigenvalue weighted by molar-refractivity contribution is 5.91. The van der Waals surface area contributed by atoms with Gasteiger partial charge in [0, 0.05) is 6.42 Å². The fraction of sp³-hybridized carbons (Fsp3) is 0.826. The zero-order valence-corrected chi connectivity index (χ0v) is 15.9. The number of fused-ring (bicyclic) bond motifs is 7. The van der Waals surface area contributed by atoms with Crippen molar-refractivity contribution in [2.24, 2.45) is 52.3 Å². The standard InChI is InChI=1S/C23H31NO/c1-4-13-9-14-10-15(25)5-6-16(14)17-7-8-22(2)21(20(13)17)18-11-19(18)23(22,3)12-24/h10,13,16-21H,4-9,11H2,1-3H3/t13-,16-,17+,18+,19-,20+,21-,22-,23-/m0/s1. The lowest BCUT2D eigenvalue weighted by Crippen LogP contribution is -2.53. The number of carbonyl (C=O) groups excluding carboxylic acids is 1. The average Bonchev–Trinajstić information content (AvgIpc) is 3.36. The van der Waals surface area contributed by atoms with Crippen molar-refractivity contribution in [3.05, 3.63) is 11.6 Å². The minimum absolute atomic E-state index is 0.107. The van der Waals surface area contributed by atoms with E-state index in [9.17, 15) is 10.1 Å². The van der Waals surface area contributed by atoms with E-state index in [4.69, 9.17) is 0 Å². The van der Waals surface area contributed by atoms with Gasteiger partial charge in [-0.25, -0.2) is 0 Å². The highest BCUT2D eigenvalue weighted by Gasteiger charge is 2.75. The maximum absolute atomic E-state index is 12.0. The number of carbonyl (C=O) groups is 1. The summed E-state index contributed by atoms with van der Waals surface area (Å²) in [6.45, 7) is 7.10. The van der Waals surface area contributed by atoms with E-state index < -0.39 is 0 Å². The summed E-state index contributed by atoms with van der Waals surface area (Å²) < 4.78 is 0. The number of hydrogen-bond acceptors (Lipinski definition) is 2. The Hall–Kier alpha value is -1.10. The van der Waals surface area contributed by atoms with Crippen molar-refractivity contribution in [1.82, 2.24) is 0 Å². The van der Waals surface area contributed by atoms with E-state index >= 15 is 0 Å². The third-order valence-corrected chi connectivity index (χ3v) is 9.71. The van der Waals surface area contributed by atoms with Gasteiger partial charge in [0.15, 0.2) is 5.78 Å². The Bertz CT molecular complexity index is 701. The summed E-state index contributed by atoms with van der Waals surface area (Å²) >= 11 is 0. The lowest BCUT2D eigenvalue weighted by Gasteiger charge is -2.58. The molecule has 0 unspecified atom stereocenters. The molecule has 5 rings (SSSR count). The summed E-state index contributed by atoms with van der Waals surface area (Å²) in [6.07, 6.45) is 10.1. The van der Waals surface area contributed by atoms with Crippen molar-refractivity contribution < 1.29 is 4.79 Å². The van der Waals surface area contributed by atoms with Crippen LogP contribution in [0.4, 0.5) is 0 Å². The largest absolute Gasteiger partial charge is 0.295 e. The van der Waals surface area contributed by atoms with Crippen LogP contribution in [-0.2, 0) is 4.79 Å². The van der Waals surface area contributed by atoms with E-state index in [1.807, 2.05) is 6.08 Å². The van der Waals surface area contributed by atoms with Crippen LogP contribution in [0.2, 0.25) is 0 Å². The van der Waals surface area contributed by atoms with Crippen LogP contribution in [0.1, 0.15) is 65.7 Å². The summed E-state index contributed by atoms with van der Waals surface area (Å²) in [7, 11) is 0. The second-order valence-electron chi connectivity index (χ2n) is 10.2. The molecule has 9 atom stereocenters. The van der Waals surface area contributed by atoms with E-state index in [1.54, 1.807) is 0 Å². The fourth-order valence-corrected chi connectivity index (χ4v) is 8.33.